The predicted octanol–water partition coefficient (Wildman–Crippen LogP) is 3.47. The third-order valence-corrected chi connectivity index (χ3v) is 6.89. The van der Waals surface area contributed by atoms with E-state index in [1.165, 1.54) is 46.5 Å². The fourth-order valence-electron chi connectivity index (χ4n) is 1.45. The molecule has 0 aliphatic rings. The molecule has 0 atom stereocenters. The first kappa shape index (κ1) is 22.9. The van der Waals surface area contributed by atoms with Crippen LogP contribution in [-0.4, -0.2) is 45.3 Å². The Kier molecular flexibility index (Phi) is 17.4. The second-order valence-corrected chi connectivity index (χ2v) is 9.31. The van der Waals surface area contributed by atoms with Crippen LogP contribution in [0.2, 0.25) is 8.87 Å². The number of carbonyl (C=O) groups is 3. The van der Waals surface area contributed by atoms with Crippen LogP contribution < -0.4 is 0 Å². The van der Waals surface area contributed by atoms with Gasteiger partial charge >= 0.3 is 75.5 Å². The van der Waals surface area contributed by atoms with Crippen LogP contribution in [0.5, 0.6) is 0 Å². The van der Waals surface area contributed by atoms with E-state index in [1.807, 2.05) is 0 Å². The fraction of sp³-hybridized carbons (Fsp3) is 0.812. The molecule has 0 amide bonds. The Hall–Kier alpha value is -0.391. The van der Waals surface area contributed by atoms with E-state index in [-0.39, 0.29) is 39.3 Å². The van der Waals surface area contributed by atoms with Gasteiger partial charge in [0.05, 0.1) is 0 Å². The second-order valence-electron chi connectivity index (χ2n) is 5.03. The van der Waals surface area contributed by atoms with Gasteiger partial charge in [0.15, 0.2) is 0 Å². The van der Waals surface area contributed by atoms with Gasteiger partial charge in [-0.2, -0.15) is 0 Å². The van der Waals surface area contributed by atoms with Gasteiger partial charge in [-0.3, -0.25) is 14.4 Å². The van der Waals surface area contributed by atoms with Gasteiger partial charge in [0.25, 0.3) is 0 Å². The second kappa shape index (κ2) is 16.0. The summed E-state index contributed by atoms with van der Waals surface area (Å²) in [5.74, 6) is -1.83. The van der Waals surface area contributed by atoms with Crippen LogP contribution in [0, 0.1) is 5.92 Å². The number of rotatable bonds is 10. The molecule has 0 aromatic heterocycles. The Morgan fingerprint density at radius 1 is 0.905 bits per heavy atom. The van der Waals surface area contributed by atoms with Gasteiger partial charge in [0, 0.05) is 6.92 Å². The number of Topliss-reactive ketones (excluding diaryl/α,β-unsaturated/α-hetero) is 2. The topological polar surface area (TPSA) is 60.4 Å². The van der Waals surface area contributed by atoms with E-state index in [2.05, 4.69) is 18.6 Å². The maximum atomic E-state index is 10.8. The molecule has 0 unspecified atom stereocenters. The number of hydrogen-bond donors (Lipinski definition) is 0. The van der Waals surface area contributed by atoms with Gasteiger partial charge in [0.1, 0.15) is 24.1 Å². The zero-order chi connectivity index (χ0) is 16.7. The fourth-order valence-corrected chi connectivity index (χ4v) is 5.61. The standard InChI is InChI=1S/C8H12O4.2C4H9.Sn/c1-5(9)8(6(2)10)4-12-7(3)11;2*1-3-4-2;/h8H,4H2,1-3H3;2*1,3-4H2,2H3;. The molecule has 4 nitrogen and oxygen atoms in total. The predicted molar refractivity (Wildman–Crippen MR) is 86.7 cm³/mol. The Bertz CT molecular complexity index is 283. The van der Waals surface area contributed by atoms with Crippen LogP contribution in [0.25, 0.3) is 0 Å². The monoisotopic (exact) mass is 406 g/mol. The van der Waals surface area contributed by atoms with Crippen molar-refractivity contribution in [3.8, 4) is 0 Å². The van der Waals surface area contributed by atoms with Crippen molar-refractivity contribution in [2.24, 2.45) is 5.92 Å². The van der Waals surface area contributed by atoms with Gasteiger partial charge in [0.2, 0.25) is 0 Å². The van der Waals surface area contributed by atoms with Crippen molar-refractivity contribution in [1.82, 2.24) is 0 Å². The first-order chi connectivity index (χ1) is 9.86. The van der Waals surface area contributed by atoms with Crippen LogP contribution >= 0.6 is 0 Å². The van der Waals surface area contributed by atoms with E-state index < -0.39 is 11.9 Å². The molecule has 0 aliphatic carbocycles. The molecule has 21 heavy (non-hydrogen) atoms. The number of ether oxygens (including phenoxy) is 1. The average molecular weight is 405 g/mol. The molecule has 5 heteroatoms. The van der Waals surface area contributed by atoms with E-state index in [9.17, 15) is 14.4 Å². The van der Waals surface area contributed by atoms with Crippen molar-refractivity contribution in [1.29, 1.82) is 0 Å². The summed E-state index contributed by atoms with van der Waals surface area (Å²) in [5, 5.41) is 0. The molecule has 0 rings (SSSR count). The van der Waals surface area contributed by atoms with Crippen LogP contribution in [0.3, 0.4) is 0 Å². The third-order valence-electron chi connectivity index (χ3n) is 2.85. The number of unbranched alkanes of at least 4 members (excludes halogenated alkanes) is 2. The molecule has 122 valence electrons. The van der Waals surface area contributed by atoms with Gasteiger partial charge in [-0.05, 0) is 13.8 Å². The maximum absolute atomic E-state index is 10.8. The molecular formula is C16H30O4Sn. The van der Waals surface area contributed by atoms with Crippen LogP contribution in [0.4, 0.5) is 0 Å². The summed E-state index contributed by atoms with van der Waals surface area (Å²) in [4.78, 5) is 31.9. The number of ketones is 2. The minimum absolute atomic E-state index is 0.139. The summed E-state index contributed by atoms with van der Waals surface area (Å²) in [5.41, 5.74) is 0. The molecule has 0 heterocycles. The Morgan fingerprint density at radius 2 is 1.33 bits per heavy atom. The van der Waals surface area contributed by atoms with Crippen molar-refractivity contribution >= 4 is 38.7 Å². The van der Waals surface area contributed by atoms with E-state index in [4.69, 9.17) is 0 Å². The molecule has 0 saturated heterocycles. The Morgan fingerprint density at radius 3 is 1.62 bits per heavy atom. The SMILES string of the molecule is CC(=O)OCC(C(C)=O)C(C)=O.CCC[CH2][Sn][CH2]CCC. The molecule has 0 spiro atoms. The van der Waals surface area contributed by atoms with E-state index in [1.54, 1.807) is 8.87 Å². The summed E-state index contributed by atoms with van der Waals surface area (Å²) >= 11 is 0.149. The molecule has 0 fully saturated rings. The number of hydrogen-bond acceptors (Lipinski definition) is 4. The van der Waals surface area contributed by atoms with Gasteiger partial charge < -0.3 is 4.74 Å². The van der Waals surface area contributed by atoms with Gasteiger partial charge in [-0.1, -0.05) is 0 Å². The molecule has 0 aliphatic heterocycles. The van der Waals surface area contributed by atoms with Crippen LogP contribution in [0.15, 0.2) is 0 Å². The summed E-state index contributed by atoms with van der Waals surface area (Å²) in [6, 6.07) is 0. The normalized spacial score (nSPS) is 9.81. The average Bonchev–Trinajstić information content (AvgIpc) is 2.38. The zero-order valence-electron chi connectivity index (χ0n) is 14.2. The Labute approximate surface area is 139 Å². The van der Waals surface area contributed by atoms with E-state index in [0.29, 0.717) is 0 Å². The van der Waals surface area contributed by atoms with Crippen LogP contribution in [-0.2, 0) is 19.1 Å². The Balaban J connectivity index is 0. The van der Waals surface area contributed by atoms with Crippen LogP contribution in [0.1, 0.15) is 60.3 Å². The molecule has 0 aromatic rings. The summed E-state index contributed by atoms with van der Waals surface area (Å²) in [6.45, 7) is 8.28. The van der Waals surface area contributed by atoms with Crippen molar-refractivity contribution in [2.75, 3.05) is 6.61 Å². The van der Waals surface area contributed by atoms with Crippen molar-refractivity contribution < 1.29 is 19.1 Å². The van der Waals surface area contributed by atoms with E-state index >= 15 is 0 Å². The molecular weight excluding hydrogens is 375 g/mol. The first-order valence-corrected chi connectivity index (χ1v) is 11.7. The summed E-state index contributed by atoms with van der Waals surface area (Å²) in [6.07, 6.45) is 5.84. The van der Waals surface area contributed by atoms with E-state index in [0.717, 1.165) is 0 Å². The van der Waals surface area contributed by atoms with Crippen molar-refractivity contribution in [2.45, 2.75) is 69.2 Å². The third kappa shape index (κ3) is 17.6. The molecule has 0 aromatic carbocycles. The van der Waals surface area contributed by atoms with Gasteiger partial charge in [-0.25, -0.2) is 0 Å². The molecule has 0 N–H and O–H groups in total. The van der Waals surface area contributed by atoms with Crippen molar-refractivity contribution in [3.63, 3.8) is 0 Å². The van der Waals surface area contributed by atoms with Gasteiger partial charge in [-0.15, -0.1) is 0 Å². The molecule has 2 radical (unpaired) electrons. The minimum atomic E-state index is -0.797. The number of carbonyl (C=O) groups excluding carboxylic acids is 3. The molecule has 0 saturated carbocycles. The quantitative estimate of drug-likeness (QED) is 0.242. The summed E-state index contributed by atoms with van der Waals surface area (Å²) in [7, 11) is 0. The first-order valence-electron chi connectivity index (χ1n) is 7.71. The summed E-state index contributed by atoms with van der Waals surface area (Å²) < 4.78 is 7.80. The molecule has 0 bridgehead atoms. The zero-order valence-corrected chi connectivity index (χ0v) is 17.0. The van der Waals surface area contributed by atoms with Crippen molar-refractivity contribution in [3.05, 3.63) is 0 Å². The number of esters is 1.